The number of Topliss-reactive ketones (excluding diaryl/α,β-unsaturated/α-hetero) is 1. The Labute approximate surface area is 125 Å². The van der Waals surface area contributed by atoms with E-state index in [0.29, 0.717) is 0 Å². The molecule has 0 spiro atoms. The summed E-state index contributed by atoms with van der Waals surface area (Å²) in [5.41, 5.74) is -5.78. The standard InChI is InChI=1S/C12H15F3O6S/c1-2-20-11(17)7-6-8-9(16)4-3-5-10(8)21-22(18,19)12(13,14)15/h2-7H2,1H3. The number of halogens is 3. The van der Waals surface area contributed by atoms with Crippen LogP contribution >= 0.6 is 0 Å². The van der Waals surface area contributed by atoms with Gasteiger partial charge >= 0.3 is 21.6 Å². The van der Waals surface area contributed by atoms with E-state index in [1.54, 1.807) is 6.92 Å². The van der Waals surface area contributed by atoms with Crippen molar-refractivity contribution in [3.05, 3.63) is 11.3 Å². The third kappa shape index (κ3) is 4.72. The quantitative estimate of drug-likeness (QED) is 0.417. The van der Waals surface area contributed by atoms with E-state index in [1.165, 1.54) is 0 Å². The van der Waals surface area contributed by atoms with Crippen LogP contribution in [0.1, 0.15) is 39.0 Å². The topological polar surface area (TPSA) is 86.7 Å². The Kier molecular flexibility index (Phi) is 5.98. The highest BCUT2D eigenvalue weighted by Crippen LogP contribution is 2.32. The summed E-state index contributed by atoms with van der Waals surface area (Å²) in [6.45, 7) is 1.70. The van der Waals surface area contributed by atoms with E-state index >= 15 is 0 Å². The number of hydrogen-bond acceptors (Lipinski definition) is 6. The van der Waals surface area contributed by atoms with E-state index in [-0.39, 0.29) is 44.3 Å². The molecule has 0 bridgehead atoms. The smallest absolute Gasteiger partial charge is 0.466 e. The minimum absolute atomic E-state index is 0.0666. The first-order valence-corrected chi connectivity index (χ1v) is 7.91. The number of allylic oxidation sites excluding steroid dienone is 2. The Balaban J connectivity index is 2.96. The fraction of sp³-hybridized carbons (Fsp3) is 0.667. The molecule has 0 amide bonds. The van der Waals surface area contributed by atoms with Gasteiger partial charge in [0.2, 0.25) is 0 Å². The molecule has 0 aromatic rings. The van der Waals surface area contributed by atoms with E-state index in [2.05, 4.69) is 8.92 Å². The summed E-state index contributed by atoms with van der Waals surface area (Å²) in [7, 11) is -5.83. The molecule has 22 heavy (non-hydrogen) atoms. The summed E-state index contributed by atoms with van der Waals surface area (Å²) < 4.78 is 67.8. The molecule has 0 N–H and O–H groups in total. The Morgan fingerprint density at radius 2 is 1.91 bits per heavy atom. The molecule has 6 nitrogen and oxygen atoms in total. The van der Waals surface area contributed by atoms with Gasteiger partial charge in [-0.15, -0.1) is 0 Å². The molecule has 0 heterocycles. The van der Waals surface area contributed by atoms with E-state index in [9.17, 15) is 31.2 Å². The van der Waals surface area contributed by atoms with Crippen LogP contribution in [0.3, 0.4) is 0 Å². The van der Waals surface area contributed by atoms with Crippen molar-refractivity contribution in [1.29, 1.82) is 0 Å². The molecule has 10 heteroatoms. The van der Waals surface area contributed by atoms with Gasteiger partial charge in [0.15, 0.2) is 5.78 Å². The first-order chi connectivity index (χ1) is 10.1. The monoisotopic (exact) mass is 344 g/mol. The highest BCUT2D eigenvalue weighted by Gasteiger charge is 2.49. The average Bonchev–Trinajstić information content (AvgIpc) is 2.36. The summed E-state index contributed by atoms with van der Waals surface area (Å²) in [6, 6.07) is 0. The summed E-state index contributed by atoms with van der Waals surface area (Å²) in [6.07, 6.45) is -0.324. The van der Waals surface area contributed by atoms with Crippen LogP contribution in [0.15, 0.2) is 11.3 Å². The molecule has 1 aliphatic carbocycles. The van der Waals surface area contributed by atoms with E-state index in [4.69, 9.17) is 0 Å². The zero-order valence-electron chi connectivity index (χ0n) is 11.7. The van der Waals surface area contributed by atoms with Gasteiger partial charge < -0.3 is 8.92 Å². The third-order valence-electron chi connectivity index (χ3n) is 2.86. The Morgan fingerprint density at radius 3 is 2.45 bits per heavy atom. The largest absolute Gasteiger partial charge is 0.534 e. The van der Waals surface area contributed by atoms with Crippen LogP contribution < -0.4 is 0 Å². The van der Waals surface area contributed by atoms with Crippen LogP contribution in [-0.2, 0) is 28.6 Å². The molecule has 0 saturated carbocycles. The van der Waals surface area contributed by atoms with Crippen LogP contribution in [0.5, 0.6) is 0 Å². The van der Waals surface area contributed by atoms with Crippen LogP contribution in [-0.4, -0.2) is 32.3 Å². The Hall–Kier alpha value is -1.58. The van der Waals surface area contributed by atoms with E-state index < -0.39 is 33.1 Å². The van der Waals surface area contributed by atoms with Crippen molar-refractivity contribution in [3.8, 4) is 0 Å². The highest BCUT2D eigenvalue weighted by molar-refractivity contribution is 7.87. The zero-order valence-corrected chi connectivity index (χ0v) is 12.6. The number of ether oxygens (including phenoxy) is 1. The molecule has 0 atom stereocenters. The van der Waals surface area contributed by atoms with Crippen molar-refractivity contribution in [3.63, 3.8) is 0 Å². The summed E-state index contributed by atoms with van der Waals surface area (Å²) >= 11 is 0. The molecule has 1 aliphatic rings. The lowest BCUT2D eigenvalue weighted by Gasteiger charge is -2.20. The number of hydrogen-bond donors (Lipinski definition) is 0. The van der Waals surface area contributed by atoms with Gasteiger partial charge in [-0.2, -0.15) is 21.6 Å². The molecular weight excluding hydrogens is 329 g/mol. The van der Waals surface area contributed by atoms with Gasteiger partial charge in [-0.25, -0.2) is 0 Å². The van der Waals surface area contributed by atoms with Crippen LogP contribution in [0.25, 0.3) is 0 Å². The number of ketones is 1. The van der Waals surface area contributed by atoms with E-state index in [0.717, 1.165) is 0 Å². The maximum absolute atomic E-state index is 12.3. The van der Waals surface area contributed by atoms with Gasteiger partial charge in [0.1, 0.15) is 5.76 Å². The fourth-order valence-corrected chi connectivity index (χ4v) is 2.42. The second-order valence-electron chi connectivity index (χ2n) is 4.47. The second-order valence-corrected chi connectivity index (χ2v) is 6.00. The molecule has 1 rings (SSSR count). The fourth-order valence-electron chi connectivity index (χ4n) is 1.88. The molecule has 0 saturated heterocycles. The zero-order chi connectivity index (χ0) is 17.0. The average molecular weight is 344 g/mol. The van der Waals surface area contributed by atoms with Gasteiger partial charge in [0.05, 0.1) is 6.61 Å². The minimum Gasteiger partial charge on any atom is -0.466 e. The highest BCUT2D eigenvalue weighted by atomic mass is 32.2. The van der Waals surface area contributed by atoms with Gasteiger partial charge in [-0.05, 0) is 19.8 Å². The number of carbonyl (C=O) groups is 2. The molecule has 0 radical (unpaired) electrons. The molecule has 0 aromatic carbocycles. The maximum atomic E-state index is 12.3. The van der Waals surface area contributed by atoms with Crippen molar-refractivity contribution in [1.82, 2.24) is 0 Å². The van der Waals surface area contributed by atoms with Crippen molar-refractivity contribution in [2.45, 2.75) is 44.5 Å². The maximum Gasteiger partial charge on any atom is 0.534 e. The second kappa shape index (κ2) is 7.12. The number of alkyl halides is 3. The lowest BCUT2D eigenvalue weighted by atomic mass is 9.93. The first-order valence-electron chi connectivity index (χ1n) is 6.50. The van der Waals surface area contributed by atoms with Gasteiger partial charge in [0.25, 0.3) is 0 Å². The molecule has 0 fully saturated rings. The number of carbonyl (C=O) groups excluding carboxylic acids is 2. The summed E-state index contributed by atoms with van der Waals surface area (Å²) in [5, 5.41) is 0. The molecule has 0 unspecified atom stereocenters. The lowest BCUT2D eigenvalue weighted by molar-refractivity contribution is -0.143. The van der Waals surface area contributed by atoms with Gasteiger partial charge in [-0.3, -0.25) is 9.59 Å². The van der Waals surface area contributed by atoms with Crippen LogP contribution in [0.2, 0.25) is 0 Å². The van der Waals surface area contributed by atoms with Crippen LogP contribution in [0, 0.1) is 0 Å². The van der Waals surface area contributed by atoms with Crippen LogP contribution in [0.4, 0.5) is 13.2 Å². The van der Waals surface area contributed by atoms with Gasteiger partial charge in [-0.1, -0.05) is 0 Å². The number of esters is 1. The SMILES string of the molecule is CCOC(=O)CCC1=C(OS(=O)(=O)C(F)(F)F)CCCC1=O. The molecule has 126 valence electrons. The third-order valence-corrected chi connectivity index (χ3v) is 3.85. The Bertz CT molecular complexity index is 576. The minimum atomic E-state index is -5.83. The lowest BCUT2D eigenvalue weighted by Crippen LogP contribution is -2.27. The summed E-state index contributed by atoms with van der Waals surface area (Å²) in [5.74, 6) is -1.70. The summed E-state index contributed by atoms with van der Waals surface area (Å²) in [4.78, 5) is 23.0. The predicted molar refractivity (Wildman–Crippen MR) is 67.8 cm³/mol. The Morgan fingerprint density at radius 1 is 1.27 bits per heavy atom. The van der Waals surface area contributed by atoms with Crippen molar-refractivity contribution in [2.75, 3.05) is 6.61 Å². The van der Waals surface area contributed by atoms with Gasteiger partial charge in [0, 0.05) is 24.8 Å². The normalized spacial score (nSPS) is 16.6. The van der Waals surface area contributed by atoms with E-state index in [1.807, 2.05) is 0 Å². The first kappa shape index (κ1) is 18.5. The van der Waals surface area contributed by atoms with Crippen molar-refractivity contribution >= 4 is 21.9 Å². The molecular formula is C12H15F3O6S. The molecule has 0 aliphatic heterocycles. The van der Waals surface area contributed by atoms with Crippen molar-refractivity contribution in [2.24, 2.45) is 0 Å². The number of rotatable bonds is 6. The predicted octanol–water partition coefficient (Wildman–Crippen LogP) is 2.20. The molecule has 0 aromatic heterocycles. The van der Waals surface area contributed by atoms with Crippen molar-refractivity contribution < 1.29 is 40.1 Å².